The number of esters is 5. The zero-order chi connectivity index (χ0) is 39.0. The molecule has 0 radical (unpaired) electrons. The summed E-state index contributed by atoms with van der Waals surface area (Å²) in [4.78, 5) is 81.9. The van der Waals surface area contributed by atoms with Crippen LogP contribution in [0.5, 0.6) is 0 Å². The molecule has 0 unspecified atom stereocenters. The second-order valence-electron chi connectivity index (χ2n) is 17.8. The molecule has 0 aromatic rings. The molecule has 14 heteroatoms. The number of Topliss-reactive ketones (excluding diaryl/α,β-unsaturated/α-hetero) is 1. The van der Waals surface area contributed by atoms with Gasteiger partial charge >= 0.3 is 35.6 Å². The summed E-state index contributed by atoms with van der Waals surface area (Å²) in [6.45, 7) is 7.50. The van der Waals surface area contributed by atoms with Gasteiger partial charge in [-0.05, 0) is 99.7 Å². The zero-order valence-corrected chi connectivity index (χ0v) is 31.4. The molecular formula is C41H44O14. The van der Waals surface area contributed by atoms with Gasteiger partial charge in [-0.15, -0.1) is 0 Å². The maximum atomic E-state index is 15.0. The van der Waals surface area contributed by atoms with Gasteiger partial charge in [0.05, 0.1) is 29.4 Å². The van der Waals surface area contributed by atoms with Crippen LogP contribution >= 0.6 is 0 Å². The first-order valence-corrected chi connectivity index (χ1v) is 19.4. The van der Waals surface area contributed by atoms with E-state index in [2.05, 4.69) is 6.92 Å². The minimum Gasteiger partial charge on any atom is -0.461 e. The monoisotopic (exact) mass is 760 g/mol. The van der Waals surface area contributed by atoms with Crippen LogP contribution < -0.4 is 0 Å². The van der Waals surface area contributed by atoms with E-state index in [1.807, 2.05) is 0 Å². The zero-order valence-electron chi connectivity index (χ0n) is 31.4. The van der Waals surface area contributed by atoms with E-state index in [0.717, 1.165) is 0 Å². The molecule has 0 aromatic carbocycles. The van der Waals surface area contributed by atoms with Gasteiger partial charge in [0.1, 0.15) is 25.4 Å². The van der Waals surface area contributed by atoms with Crippen LogP contribution in [0.25, 0.3) is 0 Å². The largest absolute Gasteiger partial charge is 0.461 e. The predicted octanol–water partition coefficient (Wildman–Crippen LogP) is 2.25. The predicted molar refractivity (Wildman–Crippen MR) is 182 cm³/mol. The molecule has 3 heterocycles. The van der Waals surface area contributed by atoms with Crippen molar-refractivity contribution in [2.75, 3.05) is 26.4 Å². The highest BCUT2D eigenvalue weighted by Gasteiger charge is 2.88. The van der Waals surface area contributed by atoms with Crippen molar-refractivity contribution in [1.82, 2.24) is 0 Å². The van der Waals surface area contributed by atoms with Gasteiger partial charge in [-0.3, -0.25) is 14.4 Å². The summed E-state index contributed by atoms with van der Waals surface area (Å²) in [7, 11) is 0. The first-order chi connectivity index (χ1) is 26.0. The summed E-state index contributed by atoms with van der Waals surface area (Å²) in [5, 5.41) is 26.0. The van der Waals surface area contributed by atoms with Gasteiger partial charge in [-0.1, -0.05) is 6.92 Å². The van der Waals surface area contributed by atoms with E-state index in [9.17, 15) is 34.2 Å². The minimum absolute atomic E-state index is 0.00444. The molecule has 5 fully saturated rings. The van der Waals surface area contributed by atoms with Crippen molar-refractivity contribution in [2.45, 2.75) is 95.7 Å². The number of cyclic esters (lactones) is 3. The average molecular weight is 761 g/mol. The fourth-order valence-electron chi connectivity index (χ4n) is 13.3. The van der Waals surface area contributed by atoms with Crippen LogP contribution in [0.4, 0.5) is 0 Å². The Morgan fingerprint density at radius 1 is 0.818 bits per heavy atom. The molecule has 0 saturated heterocycles. The normalized spacial score (nSPS) is 48.9. The summed E-state index contributed by atoms with van der Waals surface area (Å²) in [5.41, 5.74) is -5.30. The molecule has 10 rings (SSSR count). The van der Waals surface area contributed by atoms with Crippen LogP contribution in [0, 0.1) is 46.3 Å². The Hall–Kier alpha value is -4.14. The molecule has 1 spiro atoms. The van der Waals surface area contributed by atoms with Crippen molar-refractivity contribution < 1.29 is 67.4 Å². The highest BCUT2D eigenvalue weighted by atomic mass is 16.7. The van der Waals surface area contributed by atoms with Crippen molar-refractivity contribution in [3.05, 3.63) is 45.1 Å². The first-order valence-electron chi connectivity index (χ1n) is 19.4. The van der Waals surface area contributed by atoms with E-state index in [4.69, 9.17) is 28.4 Å². The molecule has 7 aliphatic carbocycles. The van der Waals surface area contributed by atoms with Crippen molar-refractivity contribution in [1.29, 1.82) is 0 Å². The molecule has 0 amide bonds. The van der Waals surface area contributed by atoms with Crippen molar-refractivity contribution in [3.8, 4) is 0 Å². The lowest BCUT2D eigenvalue weighted by Gasteiger charge is -2.63. The Bertz CT molecular complexity index is 2110. The van der Waals surface area contributed by atoms with Gasteiger partial charge in [0, 0.05) is 40.7 Å². The van der Waals surface area contributed by atoms with E-state index in [1.165, 1.54) is 13.0 Å². The van der Waals surface area contributed by atoms with Gasteiger partial charge in [0.25, 0.3) is 0 Å². The van der Waals surface area contributed by atoms with E-state index < -0.39 is 87.5 Å². The standard InChI is InChI=1S/C41H44O14/c1-6-53-41-29(18(3)33(45)55-41)30-31-37(5,35(41)47)22-12-23(22)38(31,48)14-26-36(4)21-11-24(21)39(49)16-52-32(44)17(2)9-10-50-27(42)7-8-28(43)51-15-19-20(13-25(36)39)40(26,30)54-34(19)46/h9,21-26,48-49H,6-8,10-16H2,1-5H3/b17-9-/t21-,22-,23+,24+,25-,26+,36+,37+,38+,39+,40+,41+/m1/s1. The number of hydrogen-bond acceptors (Lipinski definition) is 14. The van der Waals surface area contributed by atoms with E-state index in [0.29, 0.717) is 29.6 Å². The minimum atomic E-state index is -2.15. The second-order valence-corrected chi connectivity index (χ2v) is 17.8. The number of fused-ring (bicyclic) bond motifs is 9. The Morgan fingerprint density at radius 3 is 2.25 bits per heavy atom. The van der Waals surface area contributed by atoms with Crippen molar-refractivity contribution in [3.63, 3.8) is 0 Å². The number of aliphatic hydroxyl groups is 2. The molecule has 0 aromatic heterocycles. The van der Waals surface area contributed by atoms with Crippen LogP contribution in [-0.4, -0.2) is 94.9 Å². The highest BCUT2D eigenvalue weighted by Crippen LogP contribution is 2.84. The fourth-order valence-corrected chi connectivity index (χ4v) is 13.3. The Kier molecular flexibility index (Phi) is 6.81. The first kappa shape index (κ1) is 35.3. The molecule has 3 aliphatic heterocycles. The molecule has 12 atom stereocenters. The lowest BCUT2D eigenvalue weighted by molar-refractivity contribution is -0.214. The topological polar surface area (TPSA) is 198 Å². The second kappa shape index (κ2) is 10.6. The molecule has 10 aliphatic rings. The number of carbonyl (C=O) groups is 6. The molecular weight excluding hydrogens is 716 g/mol. The third-order valence-electron chi connectivity index (χ3n) is 15.7. The summed E-state index contributed by atoms with van der Waals surface area (Å²) in [6.07, 6.45) is 2.06. The lowest BCUT2D eigenvalue weighted by atomic mass is 9.42. The number of hydrogen-bond donors (Lipinski definition) is 2. The summed E-state index contributed by atoms with van der Waals surface area (Å²) < 4.78 is 35.6. The lowest BCUT2D eigenvalue weighted by Crippen LogP contribution is -2.68. The van der Waals surface area contributed by atoms with Crippen LogP contribution in [0.2, 0.25) is 0 Å². The molecule has 292 valence electrons. The van der Waals surface area contributed by atoms with E-state index in [-0.39, 0.29) is 91.5 Å². The van der Waals surface area contributed by atoms with Crippen molar-refractivity contribution >= 4 is 35.6 Å². The number of rotatable bonds is 2. The van der Waals surface area contributed by atoms with E-state index in [1.54, 1.807) is 20.8 Å². The quantitative estimate of drug-likeness (QED) is 0.307. The maximum absolute atomic E-state index is 15.0. The summed E-state index contributed by atoms with van der Waals surface area (Å²) in [6, 6.07) is 0. The van der Waals surface area contributed by atoms with Gasteiger partial charge in [0.2, 0.25) is 5.78 Å². The number of carbonyl (C=O) groups excluding carboxylic acids is 6. The summed E-state index contributed by atoms with van der Waals surface area (Å²) >= 11 is 0. The molecule has 2 bridgehead atoms. The molecule has 5 saturated carbocycles. The maximum Gasteiger partial charge on any atom is 0.338 e. The average Bonchev–Trinajstić information content (AvgIpc) is 4.05. The summed E-state index contributed by atoms with van der Waals surface area (Å²) in [5.74, 6) is -8.64. The number of ketones is 1. The van der Waals surface area contributed by atoms with Crippen LogP contribution in [-0.2, 0) is 57.2 Å². The highest BCUT2D eigenvalue weighted by molar-refractivity contribution is 6.10. The van der Waals surface area contributed by atoms with Crippen LogP contribution in [0.1, 0.15) is 73.1 Å². The molecule has 2 N–H and O–H groups in total. The van der Waals surface area contributed by atoms with Crippen molar-refractivity contribution in [2.24, 2.45) is 46.3 Å². The Morgan fingerprint density at radius 2 is 1.53 bits per heavy atom. The van der Waals surface area contributed by atoms with Gasteiger partial charge in [-0.2, -0.15) is 0 Å². The molecule has 55 heavy (non-hydrogen) atoms. The third-order valence-corrected chi connectivity index (χ3v) is 15.7. The SMILES string of the molecule is CCO[C@]12OC(=O)C(C)=C1C1=C3[C@@](C)(C2=O)[C@@H]2C[C@@H]2[C@@]3(O)C[C@@H]2[C@]13OC(=O)C1=C3C[C@H]3[C@](O)(COC(=O)/C(C)=C\COC(=O)CCC(=O)OC1)[C@H]1C[C@H]1[C@]23C. The third kappa shape index (κ3) is 3.91. The smallest absolute Gasteiger partial charge is 0.338 e. The van der Waals surface area contributed by atoms with Gasteiger partial charge in [0.15, 0.2) is 5.60 Å². The Balaban J connectivity index is 1.22. The van der Waals surface area contributed by atoms with E-state index >= 15 is 4.79 Å². The Labute approximate surface area is 316 Å². The fraction of sp³-hybridized carbons (Fsp3) is 0.659. The van der Waals surface area contributed by atoms with Gasteiger partial charge in [-0.25, -0.2) is 14.4 Å². The molecule has 14 nitrogen and oxygen atoms in total. The van der Waals surface area contributed by atoms with Gasteiger partial charge < -0.3 is 38.6 Å². The van der Waals surface area contributed by atoms with Crippen LogP contribution in [0.3, 0.4) is 0 Å². The number of ether oxygens (including phenoxy) is 6. The van der Waals surface area contributed by atoms with Crippen LogP contribution in [0.15, 0.2) is 45.1 Å².